The molecule has 0 fully saturated rings. The van der Waals surface area contributed by atoms with Crippen molar-refractivity contribution in [2.45, 2.75) is 25.7 Å². The van der Waals surface area contributed by atoms with Gasteiger partial charge >= 0.3 is 0 Å². The van der Waals surface area contributed by atoms with Crippen molar-refractivity contribution in [3.63, 3.8) is 0 Å². The molecule has 0 saturated heterocycles. The molecule has 0 bridgehead atoms. The van der Waals surface area contributed by atoms with Crippen LogP contribution in [0.1, 0.15) is 30.4 Å². The first kappa shape index (κ1) is 6.84. The Bertz CT molecular complexity index is 278. The van der Waals surface area contributed by atoms with Gasteiger partial charge in [0.05, 0.1) is 0 Å². The summed E-state index contributed by atoms with van der Waals surface area (Å²) in [6.07, 6.45) is 2.30. The molecule has 0 nitrogen and oxygen atoms in total. The lowest BCUT2D eigenvalue weighted by Gasteiger charge is -2.02. The Labute approximate surface area is 66.1 Å². The van der Waals surface area contributed by atoms with Crippen molar-refractivity contribution >= 4 is 0 Å². The molecule has 1 heteroatoms. The van der Waals surface area contributed by atoms with Gasteiger partial charge in [-0.3, -0.25) is 0 Å². The van der Waals surface area contributed by atoms with E-state index in [1.807, 2.05) is 6.07 Å². The maximum Gasteiger partial charge on any atom is 0.123 e. The van der Waals surface area contributed by atoms with Crippen LogP contribution in [0.25, 0.3) is 0 Å². The summed E-state index contributed by atoms with van der Waals surface area (Å²) in [6.45, 7) is 2.16. The van der Waals surface area contributed by atoms with E-state index in [1.54, 1.807) is 12.1 Å². The molecular weight excluding hydrogens is 139 g/mol. The van der Waals surface area contributed by atoms with E-state index in [2.05, 4.69) is 6.92 Å². The normalized spacial score (nSPS) is 21.8. The van der Waals surface area contributed by atoms with Gasteiger partial charge in [0.15, 0.2) is 0 Å². The lowest BCUT2D eigenvalue weighted by molar-refractivity contribution is 0.623. The van der Waals surface area contributed by atoms with Crippen LogP contribution in [-0.2, 0) is 6.42 Å². The lowest BCUT2D eigenvalue weighted by atomic mass is 10.0. The van der Waals surface area contributed by atoms with E-state index in [4.69, 9.17) is 0 Å². The maximum absolute atomic E-state index is 12.7. The molecule has 1 aromatic carbocycles. The van der Waals surface area contributed by atoms with E-state index in [0.29, 0.717) is 5.92 Å². The van der Waals surface area contributed by atoms with Gasteiger partial charge in [0, 0.05) is 0 Å². The van der Waals surface area contributed by atoms with Gasteiger partial charge in [-0.25, -0.2) is 4.39 Å². The van der Waals surface area contributed by atoms with Gasteiger partial charge in [-0.1, -0.05) is 13.0 Å². The summed E-state index contributed by atoms with van der Waals surface area (Å²) < 4.78 is 12.7. The summed E-state index contributed by atoms with van der Waals surface area (Å²) in [5, 5.41) is 0. The Morgan fingerprint density at radius 3 is 3.09 bits per heavy atom. The number of fused-ring (bicyclic) bond motifs is 1. The molecule has 0 unspecified atom stereocenters. The molecule has 0 saturated carbocycles. The zero-order valence-electron chi connectivity index (χ0n) is 6.60. The Morgan fingerprint density at radius 2 is 2.27 bits per heavy atom. The molecule has 1 aliphatic carbocycles. The molecule has 11 heavy (non-hydrogen) atoms. The van der Waals surface area contributed by atoms with E-state index in [1.165, 1.54) is 17.5 Å². The highest BCUT2D eigenvalue weighted by Crippen LogP contribution is 2.32. The monoisotopic (exact) mass is 150 g/mol. The minimum atomic E-state index is -0.0995. The van der Waals surface area contributed by atoms with Gasteiger partial charge in [-0.15, -0.1) is 0 Å². The summed E-state index contributed by atoms with van der Waals surface area (Å²) in [4.78, 5) is 0. The summed E-state index contributed by atoms with van der Waals surface area (Å²) in [5.41, 5.74) is 2.55. The largest absolute Gasteiger partial charge is 0.207 e. The fraction of sp³-hybridized carbons (Fsp3) is 0.400. The second-order valence-electron chi connectivity index (χ2n) is 3.28. The van der Waals surface area contributed by atoms with Crippen LogP contribution in [-0.4, -0.2) is 0 Å². The third kappa shape index (κ3) is 1.05. The molecule has 0 amide bonds. The topological polar surface area (TPSA) is 0 Å². The average molecular weight is 150 g/mol. The molecule has 0 heterocycles. The van der Waals surface area contributed by atoms with E-state index in [9.17, 15) is 4.39 Å². The average Bonchev–Trinajstić information content (AvgIpc) is 2.33. The number of hydrogen-bond acceptors (Lipinski definition) is 0. The van der Waals surface area contributed by atoms with Crippen LogP contribution in [0, 0.1) is 5.82 Å². The van der Waals surface area contributed by atoms with Crippen molar-refractivity contribution in [1.82, 2.24) is 0 Å². The number of benzene rings is 1. The van der Waals surface area contributed by atoms with Crippen LogP contribution in [0.2, 0.25) is 0 Å². The van der Waals surface area contributed by atoms with Crippen LogP contribution in [0.15, 0.2) is 18.2 Å². The van der Waals surface area contributed by atoms with Crippen molar-refractivity contribution in [2.24, 2.45) is 0 Å². The van der Waals surface area contributed by atoms with Gasteiger partial charge in [-0.2, -0.15) is 0 Å². The van der Waals surface area contributed by atoms with Crippen LogP contribution >= 0.6 is 0 Å². The highest BCUT2D eigenvalue weighted by Gasteiger charge is 2.18. The van der Waals surface area contributed by atoms with Crippen molar-refractivity contribution < 1.29 is 4.39 Å². The van der Waals surface area contributed by atoms with Crippen molar-refractivity contribution in [3.05, 3.63) is 35.1 Å². The molecule has 0 radical (unpaired) electrons. The predicted octanol–water partition coefficient (Wildman–Crippen LogP) is 2.88. The van der Waals surface area contributed by atoms with Gasteiger partial charge < -0.3 is 0 Å². The zero-order chi connectivity index (χ0) is 7.84. The highest BCUT2D eigenvalue weighted by molar-refractivity contribution is 5.34. The highest BCUT2D eigenvalue weighted by atomic mass is 19.1. The van der Waals surface area contributed by atoms with E-state index in [0.717, 1.165) is 6.42 Å². The molecule has 1 atom stereocenters. The van der Waals surface area contributed by atoms with E-state index >= 15 is 0 Å². The first-order valence-corrected chi connectivity index (χ1v) is 4.05. The summed E-state index contributed by atoms with van der Waals surface area (Å²) >= 11 is 0. The van der Waals surface area contributed by atoms with Crippen molar-refractivity contribution in [2.75, 3.05) is 0 Å². The Kier molecular flexibility index (Phi) is 1.45. The molecule has 1 aromatic rings. The first-order chi connectivity index (χ1) is 5.27. The second kappa shape index (κ2) is 2.33. The van der Waals surface area contributed by atoms with Crippen molar-refractivity contribution in [3.8, 4) is 0 Å². The molecule has 0 aliphatic heterocycles. The molecular formula is C10H11F. The SMILES string of the molecule is C[C@@H]1CCc2ccc(F)cc21. The summed E-state index contributed by atoms with van der Waals surface area (Å²) in [5.74, 6) is 0.457. The maximum atomic E-state index is 12.7. The smallest absolute Gasteiger partial charge is 0.123 e. The third-order valence-corrected chi connectivity index (χ3v) is 2.49. The van der Waals surface area contributed by atoms with E-state index < -0.39 is 0 Å². The first-order valence-electron chi connectivity index (χ1n) is 4.05. The number of hydrogen-bond donors (Lipinski definition) is 0. The summed E-state index contributed by atoms with van der Waals surface area (Å²) in [6, 6.07) is 5.14. The van der Waals surface area contributed by atoms with E-state index in [-0.39, 0.29) is 5.82 Å². The number of halogens is 1. The fourth-order valence-corrected chi connectivity index (χ4v) is 1.78. The van der Waals surface area contributed by atoms with Gasteiger partial charge in [0.2, 0.25) is 0 Å². The zero-order valence-corrected chi connectivity index (χ0v) is 6.60. The number of aryl methyl sites for hydroxylation is 1. The molecule has 0 aromatic heterocycles. The molecule has 2 rings (SSSR count). The predicted molar refractivity (Wildman–Crippen MR) is 43.1 cm³/mol. The Hall–Kier alpha value is -0.850. The van der Waals surface area contributed by atoms with Crippen LogP contribution in [0.4, 0.5) is 4.39 Å². The van der Waals surface area contributed by atoms with Gasteiger partial charge in [-0.05, 0) is 42.0 Å². The second-order valence-corrected chi connectivity index (χ2v) is 3.28. The molecule has 0 N–H and O–H groups in total. The lowest BCUT2D eigenvalue weighted by Crippen LogP contribution is -1.87. The van der Waals surface area contributed by atoms with Crippen LogP contribution in [0.5, 0.6) is 0 Å². The minimum Gasteiger partial charge on any atom is -0.207 e. The quantitative estimate of drug-likeness (QED) is 0.533. The van der Waals surface area contributed by atoms with Gasteiger partial charge in [0.1, 0.15) is 5.82 Å². The third-order valence-electron chi connectivity index (χ3n) is 2.49. The van der Waals surface area contributed by atoms with Crippen LogP contribution < -0.4 is 0 Å². The Morgan fingerprint density at radius 1 is 1.45 bits per heavy atom. The van der Waals surface area contributed by atoms with Crippen LogP contribution in [0.3, 0.4) is 0 Å². The fourth-order valence-electron chi connectivity index (χ4n) is 1.78. The molecule has 1 aliphatic rings. The minimum absolute atomic E-state index is 0.0995. The Balaban J connectivity index is 2.52. The molecule has 0 spiro atoms. The number of rotatable bonds is 0. The van der Waals surface area contributed by atoms with Crippen molar-refractivity contribution in [1.29, 1.82) is 0 Å². The standard InChI is InChI=1S/C10H11F/c1-7-2-3-8-4-5-9(11)6-10(7)8/h4-7H,2-3H2,1H3/t7-/m1/s1. The van der Waals surface area contributed by atoms with Gasteiger partial charge in [0.25, 0.3) is 0 Å². The molecule has 58 valence electrons. The summed E-state index contributed by atoms with van der Waals surface area (Å²) in [7, 11) is 0.